The van der Waals surface area contributed by atoms with E-state index >= 15 is 0 Å². The molecule has 0 spiro atoms. The number of nitrogens with two attached hydrogens (primary N) is 1. The number of hydrogen-bond donors (Lipinski definition) is 2. The standard InChI is InChI=1S/C29H50N2O2/c1-10-12-14-21-16-24(17-22(25(21)32)15-13-11-2)29(8,26(30)33)20(3)23-18-27(4,5)31(9)28(6,7)19-23/h16-17,20,23,32H,10-15,18-19H2,1-9H3,(H2,30,33). The van der Waals surface area contributed by atoms with Crippen molar-refractivity contribution in [3.8, 4) is 5.75 Å². The van der Waals surface area contributed by atoms with E-state index in [4.69, 9.17) is 5.73 Å². The number of amides is 1. The Labute approximate surface area is 203 Å². The van der Waals surface area contributed by atoms with E-state index in [1.165, 1.54) is 0 Å². The highest BCUT2D eigenvalue weighted by molar-refractivity contribution is 5.87. The van der Waals surface area contributed by atoms with Crippen molar-refractivity contribution in [2.45, 2.75) is 123 Å². The third-order valence-electron chi connectivity index (χ3n) is 8.94. The van der Waals surface area contributed by atoms with Crippen molar-refractivity contribution in [2.24, 2.45) is 17.6 Å². The maximum atomic E-state index is 13.2. The van der Waals surface area contributed by atoms with Gasteiger partial charge in [0.15, 0.2) is 0 Å². The third-order valence-corrected chi connectivity index (χ3v) is 8.94. The number of carbonyl (C=O) groups excluding carboxylic acids is 1. The van der Waals surface area contributed by atoms with Crippen LogP contribution in [0.15, 0.2) is 12.1 Å². The van der Waals surface area contributed by atoms with Crippen LogP contribution in [0.1, 0.15) is 111 Å². The first-order chi connectivity index (χ1) is 15.2. The molecule has 4 heteroatoms. The first-order valence-electron chi connectivity index (χ1n) is 13.1. The Bertz CT molecular complexity index is 782. The zero-order valence-corrected chi connectivity index (χ0v) is 22.8. The van der Waals surface area contributed by atoms with Crippen molar-refractivity contribution in [2.75, 3.05) is 7.05 Å². The van der Waals surface area contributed by atoms with Gasteiger partial charge in [-0.1, -0.05) is 45.7 Å². The Balaban J connectivity index is 2.58. The number of unbranched alkanes of at least 4 members (excludes halogenated alkanes) is 2. The molecule has 2 unspecified atom stereocenters. The molecule has 1 aliphatic heterocycles. The van der Waals surface area contributed by atoms with E-state index in [1.54, 1.807) is 0 Å². The number of aromatic hydroxyl groups is 1. The highest BCUT2D eigenvalue weighted by Gasteiger charge is 2.50. The average molecular weight is 459 g/mol. The predicted molar refractivity (Wildman–Crippen MR) is 140 cm³/mol. The van der Waals surface area contributed by atoms with E-state index < -0.39 is 5.41 Å². The summed E-state index contributed by atoms with van der Waals surface area (Å²) in [6.07, 6.45) is 7.88. The summed E-state index contributed by atoms with van der Waals surface area (Å²) in [6.45, 7) is 17.8. The molecule has 1 aliphatic rings. The topological polar surface area (TPSA) is 66.6 Å². The SMILES string of the molecule is CCCCc1cc(C(C)(C(N)=O)C(C)C2CC(C)(C)N(C)C(C)(C)C2)cc(CCCC)c1O. The minimum atomic E-state index is -0.789. The van der Waals surface area contributed by atoms with Crippen LogP contribution in [0.4, 0.5) is 0 Å². The molecule has 2 atom stereocenters. The molecule has 1 heterocycles. The van der Waals surface area contributed by atoms with Gasteiger partial charge in [0.25, 0.3) is 0 Å². The van der Waals surface area contributed by atoms with Crippen LogP contribution in [0, 0.1) is 11.8 Å². The van der Waals surface area contributed by atoms with Crippen LogP contribution in [0.2, 0.25) is 0 Å². The number of carbonyl (C=O) groups is 1. The number of phenols is 1. The van der Waals surface area contributed by atoms with Gasteiger partial charge in [-0.15, -0.1) is 0 Å². The number of aryl methyl sites for hydroxylation is 2. The van der Waals surface area contributed by atoms with Crippen LogP contribution < -0.4 is 5.73 Å². The monoisotopic (exact) mass is 458 g/mol. The maximum absolute atomic E-state index is 13.2. The largest absolute Gasteiger partial charge is 0.507 e. The van der Waals surface area contributed by atoms with Gasteiger partial charge in [0.1, 0.15) is 5.75 Å². The lowest BCUT2D eigenvalue weighted by Crippen LogP contribution is -2.61. The molecule has 2 rings (SSSR count). The lowest BCUT2D eigenvalue weighted by molar-refractivity contribution is -0.127. The van der Waals surface area contributed by atoms with Gasteiger partial charge in [-0.2, -0.15) is 0 Å². The van der Waals surface area contributed by atoms with Gasteiger partial charge in [0, 0.05) is 11.1 Å². The van der Waals surface area contributed by atoms with Crippen molar-refractivity contribution in [1.29, 1.82) is 0 Å². The van der Waals surface area contributed by atoms with Crippen molar-refractivity contribution in [3.05, 3.63) is 28.8 Å². The van der Waals surface area contributed by atoms with Crippen molar-refractivity contribution in [1.82, 2.24) is 4.90 Å². The van der Waals surface area contributed by atoms with Crippen molar-refractivity contribution >= 4 is 5.91 Å². The number of hydrogen-bond acceptors (Lipinski definition) is 3. The van der Waals surface area contributed by atoms with E-state index in [9.17, 15) is 9.90 Å². The van der Waals surface area contributed by atoms with E-state index in [2.05, 4.69) is 72.5 Å². The van der Waals surface area contributed by atoms with Gasteiger partial charge in [-0.3, -0.25) is 9.69 Å². The lowest BCUT2D eigenvalue weighted by Gasteiger charge is -2.56. The molecule has 0 saturated carbocycles. The molecule has 0 aromatic heterocycles. The van der Waals surface area contributed by atoms with E-state index in [0.717, 1.165) is 68.1 Å². The Hall–Kier alpha value is -1.55. The van der Waals surface area contributed by atoms with Crippen LogP contribution in [-0.2, 0) is 23.1 Å². The van der Waals surface area contributed by atoms with Crippen LogP contribution in [0.25, 0.3) is 0 Å². The number of phenolic OH excluding ortho intramolecular Hbond substituents is 1. The summed E-state index contributed by atoms with van der Waals surface area (Å²) >= 11 is 0. The molecular formula is C29H50N2O2. The smallest absolute Gasteiger partial charge is 0.228 e. The fourth-order valence-corrected chi connectivity index (χ4v) is 6.08. The third kappa shape index (κ3) is 5.58. The minimum absolute atomic E-state index is 0.0484. The number of primary amides is 1. The van der Waals surface area contributed by atoms with E-state index in [-0.39, 0.29) is 22.9 Å². The summed E-state index contributed by atoms with van der Waals surface area (Å²) in [5, 5.41) is 11.0. The van der Waals surface area contributed by atoms with Crippen LogP contribution in [0.3, 0.4) is 0 Å². The zero-order valence-electron chi connectivity index (χ0n) is 22.8. The summed E-state index contributed by atoms with van der Waals surface area (Å²) in [5.74, 6) is 0.611. The van der Waals surface area contributed by atoms with Crippen molar-refractivity contribution in [3.63, 3.8) is 0 Å². The first-order valence-corrected chi connectivity index (χ1v) is 13.1. The summed E-state index contributed by atoms with van der Waals surface area (Å²) in [5.41, 5.74) is 8.41. The quantitative estimate of drug-likeness (QED) is 0.429. The van der Waals surface area contributed by atoms with Gasteiger partial charge in [0.05, 0.1) is 5.41 Å². The van der Waals surface area contributed by atoms with E-state index in [0.29, 0.717) is 11.7 Å². The van der Waals surface area contributed by atoms with Gasteiger partial charge >= 0.3 is 0 Å². The van der Waals surface area contributed by atoms with E-state index in [1.807, 2.05) is 6.92 Å². The summed E-state index contributed by atoms with van der Waals surface area (Å²) in [6, 6.07) is 4.15. The number of benzene rings is 1. The van der Waals surface area contributed by atoms with Crippen LogP contribution in [0.5, 0.6) is 5.75 Å². The molecule has 1 saturated heterocycles. The number of piperidine rings is 1. The second-order valence-corrected chi connectivity index (χ2v) is 12.1. The Morgan fingerprint density at radius 3 is 1.88 bits per heavy atom. The van der Waals surface area contributed by atoms with Crippen LogP contribution >= 0.6 is 0 Å². The molecule has 1 amide bonds. The molecule has 3 N–H and O–H groups in total. The fourth-order valence-electron chi connectivity index (χ4n) is 6.08. The Kier molecular flexibility index (Phi) is 8.71. The molecule has 1 aromatic rings. The molecule has 0 aliphatic carbocycles. The van der Waals surface area contributed by atoms with Gasteiger partial charge in [0.2, 0.25) is 5.91 Å². The fraction of sp³-hybridized carbons (Fsp3) is 0.759. The number of likely N-dealkylation sites (tertiary alicyclic amines) is 1. The van der Waals surface area contributed by atoms with Gasteiger partial charge in [-0.05, 0) is 109 Å². The molecule has 4 nitrogen and oxygen atoms in total. The second-order valence-electron chi connectivity index (χ2n) is 12.1. The summed E-state index contributed by atoms with van der Waals surface area (Å²) in [4.78, 5) is 15.7. The highest BCUT2D eigenvalue weighted by Crippen LogP contribution is 2.49. The molecule has 0 radical (unpaired) electrons. The molecule has 188 valence electrons. The number of rotatable bonds is 10. The van der Waals surface area contributed by atoms with Crippen LogP contribution in [-0.4, -0.2) is 34.0 Å². The van der Waals surface area contributed by atoms with Crippen molar-refractivity contribution < 1.29 is 9.90 Å². The lowest BCUT2D eigenvalue weighted by atomic mass is 9.60. The second kappa shape index (κ2) is 10.4. The number of nitrogens with zero attached hydrogens (tertiary/aromatic N) is 1. The predicted octanol–water partition coefficient (Wildman–Crippen LogP) is 6.36. The molecule has 1 fully saturated rings. The molecule has 33 heavy (non-hydrogen) atoms. The normalized spacial score (nSPS) is 21.5. The first kappa shape index (κ1) is 27.7. The molecular weight excluding hydrogens is 408 g/mol. The minimum Gasteiger partial charge on any atom is -0.507 e. The maximum Gasteiger partial charge on any atom is 0.228 e. The molecule has 0 bridgehead atoms. The highest BCUT2D eigenvalue weighted by atomic mass is 16.3. The van der Waals surface area contributed by atoms with Gasteiger partial charge in [-0.25, -0.2) is 0 Å². The Morgan fingerprint density at radius 1 is 1.09 bits per heavy atom. The van der Waals surface area contributed by atoms with Gasteiger partial charge < -0.3 is 10.8 Å². The summed E-state index contributed by atoms with van der Waals surface area (Å²) in [7, 11) is 2.22. The summed E-state index contributed by atoms with van der Waals surface area (Å²) < 4.78 is 0. The Morgan fingerprint density at radius 2 is 1.52 bits per heavy atom. The average Bonchev–Trinajstić information content (AvgIpc) is 2.74. The molecule has 1 aromatic carbocycles. The zero-order chi connectivity index (χ0) is 25.2.